The fourth-order valence-electron chi connectivity index (χ4n) is 3.34. The van der Waals surface area contributed by atoms with Crippen LogP contribution in [0.3, 0.4) is 0 Å². The molecule has 0 radical (unpaired) electrons. The Hall–Kier alpha value is -2.37. The molecule has 0 aliphatic carbocycles. The average molecular weight is 343 g/mol. The van der Waals surface area contributed by atoms with Gasteiger partial charge in [0.2, 0.25) is 11.8 Å². The third kappa shape index (κ3) is 4.00. The SMILES string of the molecule is CC(C)CC(=O)N1CCN(C(=O)c2ccc3c(c2)CCC(=O)N3)CC1. The van der Waals surface area contributed by atoms with E-state index in [0.29, 0.717) is 56.9 Å². The first-order valence-corrected chi connectivity index (χ1v) is 8.94. The van der Waals surface area contributed by atoms with E-state index in [1.807, 2.05) is 35.8 Å². The van der Waals surface area contributed by atoms with Crippen LogP contribution in [-0.4, -0.2) is 53.7 Å². The Bertz CT molecular complexity index is 691. The van der Waals surface area contributed by atoms with Crippen LogP contribution in [0.2, 0.25) is 0 Å². The fraction of sp³-hybridized carbons (Fsp3) is 0.526. The second kappa shape index (κ2) is 7.25. The molecule has 1 saturated heterocycles. The smallest absolute Gasteiger partial charge is 0.253 e. The topological polar surface area (TPSA) is 69.7 Å². The van der Waals surface area contributed by atoms with Gasteiger partial charge in [-0.3, -0.25) is 14.4 Å². The molecule has 0 unspecified atom stereocenters. The van der Waals surface area contributed by atoms with E-state index in [1.54, 1.807) is 6.07 Å². The van der Waals surface area contributed by atoms with Gasteiger partial charge in [-0.1, -0.05) is 13.8 Å². The molecule has 1 aromatic rings. The first-order valence-electron chi connectivity index (χ1n) is 8.94. The number of nitrogens with zero attached hydrogens (tertiary/aromatic N) is 2. The largest absolute Gasteiger partial charge is 0.339 e. The van der Waals surface area contributed by atoms with Crippen molar-refractivity contribution < 1.29 is 14.4 Å². The predicted octanol–water partition coefficient (Wildman–Crippen LogP) is 1.90. The summed E-state index contributed by atoms with van der Waals surface area (Å²) in [6.07, 6.45) is 1.69. The summed E-state index contributed by atoms with van der Waals surface area (Å²) >= 11 is 0. The second-order valence-electron chi connectivity index (χ2n) is 7.19. The summed E-state index contributed by atoms with van der Waals surface area (Å²) in [6.45, 7) is 6.40. The van der Waals surface area contributed by atoms with Crippen molar-refractivity contribution in [2.75, 3.05) is 31.5 Å². The lowest BCUT2D eigenvalue weighted by Crippen LogP contribution is -2.50. The summed E-state index contributed by atoms with van der Waals surface area (Å²) in [5.74, 6) is 0.541. The third-order valence-electron chi connectivity index (χ3n) is 4.75. The van der Waals surface area contributed by atoms with Gasteiger partial charge in [-0.15, -0.1) is 0 Å². The quantitative estimate of drug-likeness (QED) is 0.911. The Morgan fingerprint density at radius 2 is 1.76 bits per heavy atom. The van der Waals surface area contributed by atoms with Crippen molar-refractivity contribution in [3.05, 3.63) is 29.3 Å². The van der Waals surface area contributed by atoms with Gasteiger partial charge in [0.25, 0.3) is 5.91 Å². The minimum atomic E-state index is -0.00402. The molecule has 2 aliphatic rings. The number of hydrogen-bond acceptors (Lipinski definition) is 3. The zero-order valence-corrected chi connectivity index (χ0v) is 14.9. The standard InChI is InChI=1S/C19H25N3O3/c1-13(2)11-18(24)21-7-9-22(10-8-21)19(25)15-3-5-16-14(12-15)4-6-17(23)20-16/h3,5,12-13H,4,6-11H2,1-2H3,(H,20,23). The van der Waals surface area contributed by atoms with Crippen LogP contribution < -0.4 is 5.32 Å². The molecule has 1 aromatic carbocycles. The predicted molar refractivity (Wildman–Crippen MR) is 95.3 cm³/mol. The maximum absolute atomic E-state index is 12.7. The lowest BCUT2D eigenvalue weighted by atomic mass is 10.00. The summed E-state index contributed by atoms with van der Waals surface area (Å²) < 4.78 is 0. The number of carbonyl (C=O) groups is 3. The summed E-state index contributed by atoms with van der Waals surface area (Å²) in [6, 6.07) is 5.46. The molecular weight excluding hydrogens is 318 g/mol. The van der Waals surface area contributed by atoms with Gasteiger partial charge in [0.05, 0.1) is 0 Å². The summed E-state index contributed by atoms with van der Waals surface area (Å²) in [7, 11) is 0. The van der Waals surface area contributed by atoms with Crippen molar-refractivity contribution in [2.45, 2.75) is 33.1 Å². The van der Waals surface area contributed by atoms with Gasteiger partial charge in [-0.2, -0.15) is 0 Å². The number of benzene rings is 1. The minimum absolute atomic E-state index is 0.00402. The third-order valence-corrected chi connectivity index (χ3v) is 4.75. The van der Waals surface area contributed by atoms with E-state index in [-0.39, 0.29) is 17.7 Å². The molecule has 134 valence electrons. The lowest BCUT2D eigenvalue weighted by Gasteiger charge is -2.35. The van der Waals surface area contributed by atoms with Crippen LogP contribution in [0.1, 0.15) is 42.6 Å². The molecule has 25 heavy (non-hydrogen) atoms. The zero-order valence-electron chi connectivity index (χ0n) is 14.9. The molecule has 0 bridgehead atoms. The van der Waals surface area contributed by atoms with Gasteiger partial charge in [0, 0.05) is 50.3 Å². The molecular formula is C19H25N3O3. The van der Waals surface area contributed by atoms with Gasteiger partial charge >= 0.3 is 0 Å². The average Bonchev–Trinajstić information content (AvgIpc) is 2.60. The molecule has 6 nitrogen and oxygen atoms in total. The number of anilines is 1. The molecule has 0 aromatic heterocycles. The van der Waals surface area contributed by atoms with E-state index in [0.717, 1.165) is 11.3 Å². The van der Waals surface area contributed by atoms with Crippen LogP contribution in [0.15, 0.2) is 18.2 Å². The van der Waals surface area contributed by atoms with E-state index in [2.05, 4.69) is 5.32 Å². The maximum atomic E-state index is 12.7. The van der Waals surface area contributed by atoms with Crippen molar-refractivity contribution in [3.63, 3.8) is 0 Å². The number of aryl methyl sites for hydroxylation is 1. The Morgan fingerprint density at radius 3 is 2.44 bits per heavy atom. The van der Waals surface area contributed by atoms with Crippen LogP contribution in [0.25, 0.3) is 0 Å². The molecule has 6 heteroatoms. The molecule has 1 N–H and O–H groups in total. The molecule has 1 fully saturated rings. The highest BCUT2D eigenvalue weighted by molar-refractivity contribution is 5.98. The van der Waals surface area contributed by atoms with E-state index in [4.69, 9.17) is 0 Å². The monoisotopic (exact) mass is 343 g/mol. The second-order valence-corrected chi connectivity index (χ2v) is 7.19. The molecule has 3 amide bonds. The number of piperazine rings is 1. The highest BCUT2D eigenvalue weighted by atomic mass is 16.2. The van der Waals surface area contributed by atoms with Crippen molar-refractivity contribution in [3.8, 4) is 0 Å². The van der Waals surface area contributed by atoms with Crippen LogP contribution in [0.5, 0.6) is 0 Å². The summed E-state index contributed by atoms with van der Waals surface area (Å²) in [4.78, 5) is 40.0. The van der Waals surface area contributed by atoms with Gasteiger partial charge in [-0.05, 0) is 36.1 Å². The lowest BCUT2D eigenvalue weighted by molar-refractivity contribution is -0.133. The highest BCUT2D eigenvalue weighted by Crippen LogP contribution is 2.24. The van der Waals surface area contributed by atoms with Crippen LogP contribution in [0, 0.1) is 5.92 Å². The Morgan fingerprint density at radius 1 is 1.08 bits per heavy atom. The normalized spacial score (nSPS) is 17.3. The first kappa shape index (κ1) is 17.5. The minimum Gasteiger partial charge on any atom is -0.339 e. The van der Waals surface area contributed by atoms with Gasteiger partial charge < -0.3 is 15.1 Å². The van der Waals surface area contributed by atoms with Crippen molar-refractivity contribution in [2.24, 2.45) is 5.92 Å². The number of carbonyl (C=O) groups excluding carboxylic acids is 3. The van der Waals surface area contributed by atoms with E-state index < -0.39 is 0 Å². The van der Waals surface area contributed by atoms with Crippen LogP contribution >= 0.6 is 0 Å². The van der Waals surface area contributed by atoms with Gasteiger partial charge in [0.1, 0.15) is 0 Å². The number of amides is 3. The summed E-state index contributed by atoms with van der Waals surface area (Å²) in [5, 5.41) is 2.83. The molecule has 3 rings (SSSR count). The summed E-state index contributed by atoms with van der Waals surface area (Å²) in [5.41, 5.74) is 2.46. The van der Waals surface area contributed by atoms with E-state index >= 15 is 0 Å². The number of fused-ring (bicyclic) bond motifs is 1. The number of rotatable bonds is 3. The van der Waals surface area contributed by atoms with Crippen LogP contribution in [-0.2, 0) is 16.0 Å². The van der Waals surface area contributed by atoms with Gasteiger partial charge in [-0.25, -0.2) is 0 Å². The number of nitrogens with one attached hydrogen (secondary N) is 1. The molecule has 0 saturated carbocycles. The van der Waals surface area contributed by atoms with Crippen LogP contribution in [0.4, 0.5) is 5.69 Å². The molecule has 2 heterocycles. The van der Waals surface area contributed by atoms with Gasteiger partial charge in [0.15, 0.2) is 0 Å². The zero-order chi connectivity index (χ0) is 18.0. The number of hydrogen-bond donors (Lipinski definition) is 1. The van der Waals surface area contributed by atoms with Crippen molar-refractivity contribution in [1.82, 2.24) is 9.80 Å². The first-order chi connectivity index (χ1) is 11.9. The molecule has 0 spiro atoms. The van der Waals surface area contributed by atoms with Crippen molar-refractivity contribution >= 4 is 23.4 Å². The van der Waals surface area contributed by atoms with E-state index in [9.17, 15) is 14.4 Å². The fourth-order valence-corrected chi connectivity index (χ4v) is 3.34. The van der Waals surface area contributed by atoms with Crippen molar-refractivity contribution in [1.29, 1.82) is 0 Å². The van der Waals surface area contributed by atoms with E-state index in [1.165, 1.54) is 0 Å². The Balaban J connectivity index is 1.61. The molecule has 2 aliphatic heterocycles. The Kier molecular flexibility index (Phi) is 5.06. The maximum Gasteiger partial charge on any atom is 0.253 e. The molecule has 0 atom stereocenters. The highest BCUT2D eigenvalue weighted by Gasteiger charge is 2.26. The Labute approximate surface area is 148 Å².